The molecule has 0 aromatic rings. The van der Waals surface area contributed by atoms with Gasteiger partial charge in [0, 0.05) is 13.0 Å². The standard InChI is InChI=1S/C9H16O4/c1-3-11-8-6-5-7(13-8)9(10)12-4-2/h7-8H,3-6H2,1-2H3. The highest BCUT2D eigenvalue weighted by atomic mass is 16.7. The fourth-order valence-electron chi connectivity index (χ4n) is 1.32. The zero-order valence-electron chi connectivity index (χ0n) is 8.12. The SMILES string of the molecule is CCOC(=O)C1CCC(OCC)O1. The predicted molar refractivity (Wildman–Crippen MR) is 46.2 cm³/mol. The largest absolute Gasteiger partial charge is 0.464 e. The Bertz CT molecular complexity index is 169. The molecule has 0 aliphatic carbocycles. The van der Waals surface area contributed by atoms with E-state index in [0.29, 0.717) is 19.6 Å². The highest BCUT2D eigenvalue weighted by Gasteiger charge is 2.31. The van der Waals surface area contributed by atoms with Gasteiger partial charge in [0.05, 0.1) is 6.61 Å². The molecule has 0 radical (unpaired) electrons. The van der Waals surface area contributed by atoms with Crippen LogP contribution in [0.25, 0.3) is 0 Å². The van der Waals surface area contributed by atoms with Gasteiger partial charge in [-0.15, -0.1) is 0 Å². The molecule has 0 aromatic carbocycles. The number of hydrogen-bond donors (Lipinski definition) is 0. The van der Waals surface area contributed by atoms with Crippen molar-refractivity contribution in [1.29, 1.82) is 0 Å². The molecule has 0 spiro atoms. The molecule has 2 atom stereocenters. The number of carbonyl (C=O) groups excluding carboxylic acids is 1. The van der Waals surface area contributed by atoms with Gasteiger partial charge in [0.25, 0.3) is 0 Å². The van der Waals surface area contributed by atoms with Crippen molar-refractivity contribution >= 4 is 5.97 Å². The molecule has 0 bridgehead atoms. The van der Waals surface area contributed by atoms with E-state index >= 15 is 0 Å². The quantitative estimate of drug-likeness (QED) is 0.619. The maximum atomic E-state index is 11.2. The molecule has 4 nitrogen and oxygen atoms in total. The van der Waals surface area contributed by atoms with Crippen LogP contribution in [0.2, 0.25) is 0 Å². The van der Waals surface area contributed by atoms with Crippen molar-refractivity contribution in [3.63, 3.8) is 0 Å². The Balaban J connectivity index is 2.27. The molecular weight excluding hydrogens is 172 g/mol. The third-order valence-electron chi connectivity index (χ3n) is 1.88. The Morgan fingerprint density at radius 3 is 2.77 bits per heavy atom. The monoisotopic (exact) mass is 188 g/mol. The van der Waals surface area contributed by atoms with Crippen LogP contribution in [0.5, 0.6) is 0 Å². The Morgan fingerprint density at radius 1 is 1.38 bits per heavy atom. The summed E-state index contributed by atoms with van der Waals surface area (Å²) in [4.78, 5) is 11.2. The predicted octanol–water partition coefficient (Wildman–Crippen LogP) is 1.09. The summed E-state index contributed by atoms with van der Waals surface area (Å²) in [7, 11) is 0. The molecule has 0 aromatic heterocycles. The summed E-state index contributed by atoms with van der Waals surface area (Å²) >= 11 is 0. The third kappa shape index (κ3) is 2.97. The molecule has 1 saturated heterocycles. The highest BCUT2D eigenvalue weighted by Crippen LogP contribution is 2.21. The van der Waals surface area contributed by atoms with Crippen molar-refractivity contribution in [3.05, 3.63) is 0 Å². The molecular formula is C9H16O4. The average Bonchev–Trinajstić information content (AvgIpc) is 2.54. The molecule has 1 heterocycles. The molecule has 4 heteroatoms. The molecule has 1 aliphatic rings. The van der Waals surface area contributed by atoms with Gasteiger partial charge < -0.3 is 14.2 Å². The summed E-state index contributed by atoms with van der Waals surface area (Å²) in [5, 5.41) is 0. The fourth-order valence-corrected chi connectivity index (χ4v) is 1.32. The van der Waals surface area contributed by atoms with Crippen LogP contribution in [-0.2, 0) is 19.0 Å². The molecule has 1 aliphatic heterocycles. The Hall–Kier alpha value is -0.610. The van der Waals surface area contributed by atoms with E-state index in [0.717, 1.165) is 6.42 Å². The van der Waals surface area contributed by atoms with Crippen molar-refractivity contribution in [3.8, 4) is 0 Å². The molecule has 0 amide bonds. The van der Waals surface area contributed by atoms with E-state index in [9.17, 15) is 4.79 Å². The summed E-state index contributed by atoms with van der Waals surface area (Å²) in [6, 6.07) is 0. The highest BCUT2D eigenvalue weighted by molar-refractivity contribution is 5.74. The number of ether oxygens (including phenoxy) is 3. The van der Waals surface area contributed by atoms with Crippen molar-refractivity contribution in [1.82, 2.24) is 0 Å². The fraction of sp³-hybridized carbons (Fsp3) is 0.889. The lowest BCUT2D eigenvalue weighted by Crippen LogP contribution is -2.24. The van der Waals surface area contributed by atoms with Gasteiger partial charge in [0.2, 0.25) is 0 Å². The first-order chi connectivity index (χ1) is 6.27. The second-order valence-corrected chi connectivity index (χ2v) is 2.84. The van der Waals surface area contributed by atoms with Crippen LogP contribution >= 0.6 is 0 Å². The zero-order valence-corrected chi connectivity index (χ0v) is 8.12. The topological polar surface area (TPSA) is 44.8 Å². The smallest absolute Gasteiger partial charge is 0.335 e. The summed E-state index contributed by atoms with van der Waals surface area (Å²) in [5.41, 5.74) is 0. The normalized spacial score (nSPS) is 27.5. The number of carbonyl (C=O) groups is 1. The summed E-state index contributed by atoms with van der Waals surface area (Å²) in [6.45, 7) is 4.70. The van der Waals surface area contributed by atoms with Crippen LogP contribution in [0.1, 0.15) is 26.7 Å². The molecule has 2 unspecified atom stereocenters. The Kier molecular flexibility index (Phi) is 4.18. The van der Waals surface area contributed by atoms with Crippen LogP contribution < -0.4 is 0 Å². The van der Waals surface area contributed by atoms with Gasteiger partial charge >= 0.3 is 5.97 Å². The van der Waals surface area contributed by atoms with E-state index in [2.05, 4.69) is 0 Å². The van der Waals surface area contributed by atoms with Gasteiger partial charge in [0.15, 0.2) is 12.4 Å². The van der Waals surface area contributed by atoms with E-state index in [1.54, 1.807) is 6.92 Å². The van der Waals surface area contributed by atoms with Gasteiger partial charge in [-0.1, -0.05) is 0 Å². The lowest BCUT2D eigenvalue weighted by Gasteiger charge is -2.12. The maximum Gasteiger partial charge on any atom is 0.335 e. The molecule has 76 valence electrons. The van der Waals surface area contributed by atoms with Gasteiger partial charge in [-0.05, 0) is 20.3 Å². The minimum Gasteiger partial charge on any atom is -0.464 e. The van der Waals surface area contributed by atoms with Gasteiger partial charge in [-0.25, -0.2) is 4.79 Å². The second kappa shape index (κ2) is 5.19. The van der Waals surface area contributed by atoms with E-state index in [-0.39, 0.29) is 12.3 Å². The number of rotatable bonds is 4. The van der Waals surface area contributed by atoms with E-state index in [1.165, 1.54) is 0 Å². The summed E-state index contributed by atoms with van der Waals surface area (Å²) in [6.07, 6.45) is 0.830. The maximum absolute atomic E-state index is 11.2. The summed E-state index contributed by atoms with van der Waals surface area (Å²) in [5.74, 6) is -0.273. The Morgan fingerprint density at radius 2 is 2.15 bits per heavy atom. The second-order valence-electron chi connectivity index (χ2n) is 2.84. The molecule has 1 fully saturated rings. The number of esters is 1. The van der Waals surface area contributed by atoms with E-state index in [4.69, 9.17) is 14.2 Å². The molecule has 1 rings (SSSR count). The summed E-state index contributed by atoms with van der Waals surface area (Å²) < 4.78 is 15.4. The average molecular weight is 188 g/mol. The minimum atomic E-state index is -0.420. The van der Waals surface area contributed by atoms with Crippen LogP contribution in [-0.4, -0.2) is 31.6 Å². The van der Waals surface area contributed by atoms with E-state index < -0.39 is 6.10 Å². The van der Waals surface area contributed by atoms with Gasteiger partial charge in [-0.2, -0.15) is 0 Å². The van der Waals surface area contributed by atoms with Crippen LogP contribution in [0, 0.1) is 0 Å². The van der Waals surface area contributed by atoms with Crippen molar-refractivity contribution in [2.24, 2.45) is 0 Å². The van der Waals surface area contributed by atoms with Crippen molar-refractivity contribution in [2.45, 2.75) is 39.1 Å². The molecule has 0 saturated carbocycles. The zero-order chi connectivity index (χ0) is 9.68. The minimum absolute atomic E-state index is 0.223. The Labute approximate surface area is 78.2 Å². The van der Waals surface area contributed by atoms with Crippen molar-refractivity contribution in [2.75, 3.05) is 13.2 Å². The van der Waals surface area contributed by atoms with Crippen molar-refractivity contribution < 1.29 is 19.0 Å². The van der Waals surface area contributed by atoms with E-state index in [1.807, 2.05) is 6.92 Å². The molecule has 13 heavy (non-hydrogen) atoms. The lowest BCUT2D eigenvalue weighted by atomic mass is 10.2. The van der Waals surface area contributed by atoms with Gasteiger partial charge in [-0.3, -0.25) is 0 Å². The number of hydrogen-bond acceptors (Lipinski definition) is 4. The third-order valence-corrected chi connectivity index (χ3v) is 1.88. The lowest BCUT2D eigenvalue weighted by molar-refractivity contribution is -0.172. The molecule has 0 N–H and O–H groups in total. The van der Waals surface area contributed by atoms with Gasteiger partial charge in [0.1, 0.15) is 0 Å². The van der Waals surface area contributed by atoms with Crippen LogP contribution in [0.3, 0.4) is 0 Å². The first kappa shape index (κ1) is 10.5. The van der Waals surface area contributed by atoms with Crippen LogP contribution in [0.4, 0.5) is 0 Å². The first-order valence-electron chi connectivity index (χ1n) is 4.71. The first-order valence-corrected chi connectivity index (χ1v) is 4.71. The van der Waals surface area contributed by atoms with Crippen LogP contribution in [0.15, 0.2) is 0 Å².